The summed E-state index contributed by atoms with van der Waals surface area (Å²) in [5, 5.41) is 14.5. The number of aliphatic carboxylic acids is 1. The number of carbonyl (C=O) groups is 2. The molecule has 0 saturated carbocycles. The fourth-order valence-electron chi connectivity index (χ4n) is 1.72. The van der Waals surface area contributed by atoms with Crippen molar-refractivity contribution in [2.24, 2.45) is 0 Å². The van der Waals surface area contributed by atoms with E-state index in [9.17, 15) is 14.7 Å². The number of para-hydroxylation sites is 1. The molecule has 0 bridgehead atoms. The molecule has 0 saturated heterocycles. The summed E-state index contributed by atoms with van der Waals surface area (Å²) >= 11 is 2.10. The monoisotopic (exact) mass is 376 g/mol. The number of carboxylic acids is 1. The Kier molecular flexibility index (Phi) is 5.59. The van der Waals surface area contributed by atoms with Crippen molar-refractivity contribution in [1.29, 1.82) is 0 Å². The molecule has 3 N–H and O–H groups in total. The maximum absolute atomic E-state index is 11.9. The molecule has 0 radical (unpaired) electrons. The highest BCUT2D eigenvalue weighted by Gasteiger charge is 2.36. The van der Waals surface area contributed by atoms with Crippen molar-refractivity contribution < 1.29 is 14.7 Å². The van der Waals surface area contributed by atoms with Crippen LogP contribution in [0.15, 0.2) is 24.3 Å². The molecule has 0 aliphatic carbocycles. The maximum Gasteiger partial charge on any atom is 0.329 e. The molecule has 0 unspecified atom stereocenters. The van der Waals surface area contributed by atoms with Gasteiger partial charge < -0.3 is 15.7 Å². The van der Waals surface area contributed by atoms with E-state index in [1.807, 2.05) is 18.2 Å². The summed E-state index contributed by atoms with van der Waals surface area (Å²) in [5.74, 6) is -1.02. The molecule has 0 atom stereocenters. The smallest absolute Gasteiger partial charge is 0.329 e. The van der Waals surface area contributed by atoms with Gasteiger partial charge in [-0.2, -0.15) is 0 Å². The van der Waals surface area contributed by atoms with Gasteiger partial charge in [0.15, 0.2) is 0 Å². The quantitative estimate of drug-likeness (QED) is 0.692. The number of amides is 2. The van der Waals surface area contributed by atoms with Gasteiger partial charge in [0.1, 0.15) is 5.54 Å². The number of benzene rings is 1. The van der Waals surface area contributed by atoms with E-state index in [0.29, 0.717) is 18.5 Å². The second-order valence-corrected chi connectivity index (χ2v) is 5.32. The Morgan fingerprint density at radius 2 is 1.84 bits per heavy atom. The number of urea groups is 1. The van der Waals surface area contributed by atoms with Crippen molar-refractivity contribution in [3.05, 3.63) is 27.8 Å². The van der Waals surface area contributed by atoms with E-state index in [2.05, 4.69) is 33.2 Å². The molecule has 1 rings (SSSR count). The first kappa shape index (κ1) is 15.7. The summed E-state index contributed by atoms with van der Waals surface area (Å²) in [7, 11) is 0. The van der Waals surface area contributed by atoms with Gasteiger partial charge in [-0.1, -0.05) is 26.0 Å². The van der Waals surface area contributed by atoms with Gasteiger partial charge in [0.2, 0.25) is 0 Å². The van der Waals surface area contributed by atoms with E-state index < -0.39 is 17.5 Å². The minimum absolute atomic E-state index is 0.331. The van der Waals surface area contributed by atoms with Crippen molar-refractivity contribution in [2.45, 2.75) is 32.2 Å². The summed E-state index contributed by atoms with van der Waals surface area (Å²) in [6, 6.07) is 6.80. The molecule has 0 aromatic heterocycles. The third-order valence-electron chi connectivity index (χ3n) is 3.09. The van der Waals surface area contributed by atoms with Crippen LogP contribution in [0.25, 0.3) is 0 Å². The number of anilines is 1. The van der Waals surface area contributed by atoms with E-state index in [4.69, 9.17) is 0 Å². The van der Waals surface area contributed by atoms with Crippen LogP contribution in [0, 0.1) is 3.57 Å². The first-order chi connectivity index (χ1) is 8.95. The van der Waals surface area contributed by atoms with Crippen molar-refractivity contribution in [1.82, 2.24) is 5.32 Å². The fraction of sp³-hybridized carbons (Fsp3) is 0.385. The molecule has 1 aromatic carbocycles. The van der Waals surface area contributed by atoms with Crippen molar-refractivity contribution in [3.63, 3.8) is 0 Å². The predicted molar refractivity (Wildman–Crippen MR) is 82.3 cm³/mol. The average Bonchev–Trinajstić information content (AvgIpc) is 2.38. The van der Waals surface area contributed by atoms with Crippen LogP contribution in [0.3, 0.4) is 0 Å². The number of halogens is 1. The van der Waals surface area contributed by atoms with Crippen LogP contribution in [0.2, 0.25) is 0 Å². The van der Waals surface area contributed by atoms with Crippen LogP contribution < -0.4 is 10.6 Å². The third kappa shape index (κ3) is 3.82. The van der Waals surface area contributed by atoms with Gasteiger partial charge in [-0.25, -0.2) is 9.59 Å². The molecule has 0 aliphatic rings. The van der Waals surface area contributed by atoms with Gasteiger partial charge in [0, 0.05) is 3.57 Å². The molecule has 6 heteroatoms. The van der Waals surface area contributed by atoms with Crippen LogP contribution in [-0.2, 0) is 4.79 Å². The zero-order valence-corrected chi connectivity index (χ0v) is 13.0. The molecular weight excluding hydrogens is 359 g/mol. The Morgan fingerprint density at radius 3 is 2.32 bits per heavy atom. The second kappa shape index (κ2) is 6.74. The third-order valence-corrected chi connectivity index (χ3v) is 4.03. The minimum Gasteiger partial charge on any atom is -0.480 e. The normalized spacial score (nSPS) is 10.9. The molecule has 1 aromatic rings. The van der Waals surface area contributed by atoms with Crippen LogP contribution >= 0.6 is 22.6 Å². The van der Waals surface area contributed by atoms with Gasteiger partial charge in [-0.05, 0) is 47.6 Å². The van der Waals surface area contributed by atoms with Gasteiger partial charge in [0.05, 0.1) is 5.69 Å². The van der Waals surface area contributed by atoms with Gasteiger partial charge in [-0.15, -0.1) is 0 Å². The minimum atomic E-state index is -1.22. The number of carbonyl (C=O) groups excluding carboxylic acids is 1. The number of hydrogen-bond donors (Lipinski definition) is 3. The van der Waals surface area contributed by atoms with Crippen LogP contribution in [0.4, 0.5) is 10.5 Å². The first-order valence-corrected chi connectivity index (χ1v) is 7.10. The van der Waals surface area contributed by atoms with E-state index in [-0.39, 0.29) is 0 Å². The number of hydrogen-bond acceptors (Lipinski definition) is 2. The molecule has 2 amide bonds. The zero-order valence-electron chi connectivity index (χ0n) is 10.9. The molecule has 0 spiro atoms. The molecule has 0 fully saturated rings. The average molecular weight is 376 g/mol. The number of rotatable bonds is 5. The van der Waals surface area contributed by atoms with Gasteiger partial charge >= 0.3 is 12.0 Å². The number of carboxylic acid groups (broad SMARTS) is 1. The van der Waals surface area contributed by atoms with E-state index in [0.717, 1.165) is 3.57 Å². The molecule has 5 nitrogen and oxygen atoms in total. The molecule has 0 aliphatic heterocycles. The standard InChI is InChI=1S/C13H17IN2O3/c1-3-13(4-2,11(17)18)16-12(19)15-10-8-6-5-7-9(10)14/h5-8H,3-4H2,1-2H3,(H,17,18)(H2,15,16,19). The molecule has 0 heterocycles. The van der Waals surface area contributed by atoms with Crippen molar-refractivity contribution >= 4 is 40.3 Å². The lowest BCUT2D eigenvalue weighted by Crippen LogP contribution is -2.55. The second-order valence-electron chi connectivity index (χ2n) is 4.15. The number of nitrogens with one attached hydrogen (secondary N) is 2. The lowest BCUT2D eigenvalue weighted by Gasteiger charge is -2.28. The highest BCUT2D eigenvalue weighted by atomic mass is 127. The zero-order chi connectivity index (χ0) is 14.5. The van der Waals surface area contributed by atoms with Crippen molar-refractivity contribution in [2.75, 3.05) is 5.32 Å². The topological polar surface area (TPSA) is 78.4 Å². The summed E-state index contributed by atoms with van der Waals surface area (Å²) in [5.41, 5.74) is -0.559. The predicted octanol–water partition coefficient (Wildman–Crippen LogP) is 3.06. The molecule has 104 valence electrons. The highest BCUT2D eigenvalue weighted by molar-refractivity contribution is 14.1. The Labute approximate surface area is 125 Å². The Bertz CT molecular complexity index is 473. The summed E-state index contributed by atoms with van der Waals surface area (Å²) in [6.07, 6.45) is 0.663. The van der Waals surface area contributed by atoms with E-state index in [1.54, 1.807) is 19.9 Å². The van der Waals surface area contributed by atoms with E-state index >= 15 is 0 Å². The largest absolute Gasteiger partial charge is 0.480 e. The summed E-state index contributed by atoms with van der Waals surface area (Å²) < 4.78 is 0.893. The van der Waals surface area contributed by atoms with Crippen LogP contribution in [0.1, 0.15) is 26.7 Å². The SMILES string of the molecule is CCC(CC)(NC(=O)Nc1ccccc1I)C(=O)O. The fourth-order valence-corrected chi connectivity index (χ4v) is 2.24. The Morgan fingerprint density at radius 1 is 1.26 bits per heavy atom. The lowest BCUT2D eigenvalue weighted by molar-refractivity contribution is -0.144. The molecule has 19 heavy (non-hydrogen) atoms. The Balaban J connectivity index is 2.80. The summed E-state index contributed by atoms with van der Waals surface area (Å²) in [6.45, 7) is 3.48. The summed E-state index contributed by atoms with van der Waals surface area (Å²) in [4.78, 5) is 23.2. The maximum atomic E-state index is 11.9. The van der Waals surface area contributed by atoms with Crippen LogP contribution in [0.5, 0.6) is 0 Å². The van der Waals surface area contributed by atoms with Crippen molar-refractivity contribution in [3.8, 4) is 0 Å². The van der Waals surface area contributed by atoms with Gasteiger partial charge in [0.25, 0.3) is 0 Å². The highest BCUT2D eigenvalue weighted by Crippen LogP contribution is 2.19. The Hall–Kier alpha value is -1.31. The lowest BCUT2D eigenvalue weighted by atomic mass is 9.93. The van der Waals surface area contributed by atoms with E-state index in [1.165, 1.54) is 0 Å². The van der Waals surface area contributed by atoms with Crippen LogP contribution in [-0.4, -0.2) is 22.6 Å². The van der Waals surface area contributed by atoms with Gasteiger partial charge in [-0.3, -0.25) is 0 Å². The molecular formula is C13H17IN2O3. The first-order valence-electron chi connectivity index (χ1n) is 6.02.